The van der Waals surface area contributed by atoms with Crippen LogP contribution in [0.3, 0.4) is 0 Å². The molecule has 132 valence electrons. The first-order valence-corrected chi connectivity index (χ1v) is 8.32. The van der Waals surface area contributed by atoms with Gasteiger partial charge in [0.2, 0.25) is 0 Å². The summed E-state index contributed by atoms with van der Waals surface area (Å²) in [5, 5.41) is 8.62. The van der Waals surface area contributed by atoms with Crippen LogP contribution in [0.5, 0.6) is 0 Å². The van der Waals surface area contributed by atoms with E-state index in [-0.39, 0.29) is 24.3 Å². The van der Waals surface area contributed by atoms with Crippen LogP contribution >= 0.6 is 0 Å². The van der Waals surface area contributed by atoms with Crippen molar-refractivity contribution in [3.8, 4) is 0 Å². The Morgan fingerprint density at radius 1 is 1.38 bits per heavy atom. The molecule has 1 aromatic carbocycles. The molecule has 0 spiro atoms. The summed E-state index contributed by atoms with van der Waals surface area (Å²) in [5.74, 6) is -1.88. The SMILES string of the molecule is CC1(C)OC[C@H](c2ccccc2F)[C@@H](CC=CCCCC(=O)O)O1. The maximum Gasteiger partial charge on any atom is 0.303 e. The Labute approximate surface area is 142 Å². The lowest BCUT2D eigenvalue weighted by molar-refractivity contribution is -0.280. The number of benzene rings is 1. The van der Waals surface area contributed by atoms with Crippen LogP contribution in [0, 0.1) is 5.82 Å². The summed E-state index contributed by atoms with van der Waals surface area (Å²) in [6, 6.07) is 6.71. The second kappa shape index (κ2) is 8.40. The molecule has 1 aliphatic rings. The third-order valence-corrected chi connectivity index (χ3v) is 4.10. The lowest BCUT2D eigenvalue weighted by atomic mass is 9.90. The van der Waals surface area contributed by atoms with E-state index in [2.05, 4.69) is 0 Å². The molecule has 24 heavy (non-hydrogen) atoms. The van der Waals surface area contributed by atoms with Crippen molar-refractivity contribution in [1.82, 2.24) is 0 Å². The number of hydrogen-bond acceptors (Lipinski definition) is 3. The Kier molecular flexibility index (Phi) is 6.52. The van der Waals surface area contributed by atoms with Crippen molar-refractivity contribution in [3.05, 3.63) is 47.8 Å². The van der Waals surface area contributed by atoms with Crippen molar-refractivity contribution in [2.45, 2.75) is 57.3 Å². The van der Waals surface area contributed by atoms with Gasteiger partial charge in [-0.15, -0.1) is 0 Å². The van der Waals surface area contributed by atoms with Gasteiger partial charge in [-0.05, 0) is 44.7 Å². The fourth-order valence-corrected chi connectivity index (χ4v) is 2.88. The van der Waals surface area contributed by atoms with E-state index in [1.165, 1.54) is 6.07 Å². The van der Waals surface area contributed by atoms with E-state index < -0.39 is 11.8 Å². The number of allylic oxidation sites excluding steroid dienone is 1. The molecule has 1 fully saturated rings. The van der Waals surface area contributed by atoms with E-state index >= 15 is 0 Å². The zero-order chi connectivity index (χ0) is 17.6. The van der Waals surface area contributed by atoms with Crippen molar-refractivity contribution in [2.24, 2.45) is 0 Å². The van der Waals surface area contributed by atoms with Crippen LogP contribution in [-0.4, -0.2) is 29.6 Å². The minimum atomic E-state index is -0.780. The highest BCUT2D eigenvalue weighted by Gasteiger charge is 2.37. The highest BCUT2D eigenvalue weighted by molar-refractivity contribution is 5.66. The quantitative estimate of drug-likeness (QED) is 0.597. The minimum absolute atomic E-state index is 0.164. The number of ether oxygens (including phenoxy) is 2. The molecule has 0 aliphatic carbocycles. The van der Waals surface area contributed by atoms with Gasteiger partial charge in [0.05, 0.1) is 12.7 Å². The summed E-state index contributed by atoms with van der Waals surface area (Å²) in [6.45, 7) is 4.12. The van der Waals surface area contributed by atoms with Crippen LogP contribution in [0.2, 0.25) is 0 Å². The average Bonchev–Trinajstić information content (AvgIpc) is 2.51. The van der Waals surface area contributed by atoms with Gasteiger partial charge < -0.3 is 14.6 Å². The zero-order valence-corrected chi connectivity index (χ0v) is 14.2. The van der Waals surface area contributed by atoms with E-state index in [0.717, 1.165) is 0 Å². The first-order valence-electron chi connectivity index (χ1n) is 8.32. The van der Waals surface area contributed by atoms with Crippen LogP contribution in [-0.2, 0) is 14.3 Å². The number of hydrogen-bond donors (Lipinski definition) is 1. The van der Waals surface area contributed by atoms with Crippen molar-refractivity contribution >= 4 is 5.97 Å². The van der Waals surface area contributed by atoms with E-state index in [1.54, 1.807) is 12.1 Å². The van der Waals surface area contributed by atoms with Crippen LogP contribution in [0.25, 0.3) is 0 Å². The highest BCUT2D eigenvalue weighted by atomic mass is 19.1. The molecule has 2 atom stereocenters. The molecule has 1 aliphatic heterocycles. The topological polar surface area (TPSA) is 55.8 Å². The van der Waals surface area contributed by atoms with Gasteiger partial charge in [0.25, 0.3) is 0 Å². The van der Waals surface area contributed by atoms with Gasteiger partial charge in [0.15, 0.2) is 5.79 Å². The third-order valence-electron chi connectivity index (χ3n) is 4.10. The molecule has 0 radical (unpaired) electrons. The molecule has 0 amide bonds. The Hall–Kier alpha value is -1.72. The molecule has 0 unspecified atom stereocenters. The molecule has 0 bridgehead atoms. The predicted molar refractivity (Wildman–Crippen MR) is 89.3 cm³/mol. The molecule has 2 rings (SSSR count). The number of halogens is 1. The smallest absolute Gasteiger partial charge is 0.303 e. The molecule has 1 heterocycles. The summed E-state index contributed by atoms with van der Waals surface area (Å²) in [4.78, 5) is 10.5. The van der Waals surface area contributed by atoms with Gasteiger partial charge in [-0.3, -0.25) is 4.79 Å². The molecule has 1 aromatic rings. The minimum Gasteiger partial charge on any atom is -0.481 e. The summed E-state index contributed by atoms with van der Waals surface area (Å²) < 4.78 is 25.8. The van der Waals surface area contributed by atoms with Crippen LogP contribution in [0.15, 0.2) is 36.4 Å². The molecule has 0 aromatic heterocycles. The van der Waals surface area contributed by atoms with Crippen molar-refractivity contribution in [2.75, 3.05) is 6.61 Å². The van der Waals surface area contributed by atoms with Crippen LogP contribution < -0.4 is 0 Å². The second-order valence-electron chi connectivity index (χ2n) is 6.49. The molecular weight excluding hydrogens is 311 g/mol. The summed E-state index contributed by atoms with van der Waals surface area (Å²) in [7, 11) is 0. The van der Waals surface area contributed by atoms with Gasteiger partial charge in [-0.1, -0.05) is 30.4 Å². The first-order chi connectivity index (χ1) is 11.4. The van der Waals surface area contributed by atoms with Crippen molar-refractivity contribution in [1.29, 1.82) is 0 Å². The van der Waals surface area contributed by atoms with Gasteiger partial charge in [-0.2, -0.15) is 0 Å². The fourth-order valence-electron chi connectivity index (χ4n) is 2.88. The summed E-state index contributed by atoms with van der Waals surface area (Å²) >= 11 is 0. The zero-order valence-electron chi connectivity index (χ0n) is 14.2. The van der Waals surface area contributed by atoms with Gasteiger partial charge in [0.1, 0.15) is 5.82 Å². The Morgan fingerprint density at radius 2 is 2.12 bits per heavy atom. The second-order valence-corrected chi connectivity index (χ2v) is 6.49. The van der Waals surface area contributed by atoms with Gasteiger partial charge >= 0.3 is 5.97 Å². The van der Waals surface area contributed by atoms with Crippen molar-refractivity contribution < 1.29 is 23.8 Å². The van der Waals surface area contributed by atoms with Crippen molar-refractivity contribution in [3.63, 3.8) is 0 Å². The van der Waals surface area contributed by atoms with Gasteiger partial charge in [-0.25, -0.2) is 4.39 Å². The maximum atomic E-state index is 14.1. The molecule has 4 nitrogen and oxygen atoms in total. The van der Waals surface area contributed by atoms with Crippen LogP contribution in [0.1, 0.15) is 51.0 Å². The van der Waals surface area contributed by atoms with E-state index in [4.69, 9.17) is 14.6 Å². The standard InChI is InChI=1S/C19H25FO4/c1-19(2)23-13-15(14-9-7-8-10-16(14)20)17(24-19)11-5-3-4-6-12-18(21)22/h3,5,7-10,15,17H,4,6,11-13H2,1-2H3,(H,21,22)/t15-,17-/m1/s1. The first kappa shape index (κ1) is 18.6. The lowest BCUT2D eigenvalue weighted by Crippen LogP contribution is -2.44. The predicted octanol–water partition coefficient (Wildman–Crippen LogP) is 4.26. The fraction of sp³-hybridized carbons (Fsp3) is 0.526. The maximum absolute atomic E-state index is 14.1. The van der Waals surface area contributed by atoms with E-state index in [1.807, 2.05) is 32.1 Å². The summed E-state index contributed by atoms with van der Waals surface area (Å²) in [5.41, 5.74) is 0.609. The Morgan fingerprint density at radius 3 is 2.83 bits per heavy atom. The molecule has 1 N–H and O–H groups in total. The normalized spacial score (nSPS) is 23.5. The van der Waals surface area contributed by atoms with Crippen LogP contribution in [0.4, 0.5) is 4.39 Å². The van der Waals surface area contributed by atoms with E-state index in [0.29, 0.717) is 31.4 Å². The van der Waals surface area contributed by atoms with Gasteiger partial charge in [0, 0.05) is 12.3 Å². The number of carboxylic acid groups (broad SMARTS) is 1. The number of unbranched alkanes of at least 4 members (excludes halogenated alkanes) is 1. The molecular formula is C19H25FO4. The Bertz CT molecular complexity index is 582. The monoisotopic (exact) mass is 336 g/mol. The third kappa shape index (κ3) is 5.42. The number of carboxylic acids is 1. The average molecular weight is 336 g/mol. The summed E-state index contributed by atoms with van der Waals surface area (Å²) in [6.07, 6.45) is 5.91. The lowest BCUT2D eigenvalue weighted by Gasteiger charge is -2.41. The molecule has 0 saturated carbocycles. The number of carbonyl (C=O) groups is 1. The van der Waals surface area contributed by atoms with E-state index in [9.17, 15) is 9.18 Å². The highest BCUT2D eigenvalue weighted by Crippen LogP contribution is 2.35. The number of aliphatic carboxylic acids is 1. The number of rotatable bonds is 7. The Balaban J connectivity index is 2.00. The largest absolute Gasteiger partial charge is 0.481 e. The molecule has 5 heteroatoms. The molecule has 1 saturated heterocycles.